The number of nitrogens with zero attached hydrogens (tertiary/aromatic N) is 1. The minimum absolute atomic E-state index is 0.00132. The second-order valence-corrected chi connectivity index (χ2v) is 6.24. The first-order chi connectivity index (χ1) is 10.1. The second kappa shape index (κ2) is 7.75. The summed E-state index contributed by atoms with van der Waals surface area (Å²) in [5, 5.41) is 11.5. The summed E-state index contributed by atoms with van der Waals surface area (Å²) in [7, 11) is 0. The van der Waals surface area contributed by atoms with Crippen LogP contribution in [0.3, 0.4) is 0 Å². The van der Waals surface area contributed by atoms with Crippen molar-refractivity contribution in [1.29, 1.82) is 0 Å². The van der Waals surface area contributed by atoms with Gasteiger partial charge in [0.25, 0.3) is 0 Å². The van der Waals surface area contributed by atoms with Crippen LogP contribution >= 0.6 is 0 Å². The molecule has 0 aromatic heterocycles. The summed E-state index contributed by atoms with van der Waals surface area (Å²) in [6.07, 6.45) is 4.71. The van der Waals surface area contributed by atoms with Gasteiger partial charge in [-0.05, 0) is 38.5 Å². The van der Waals surface area contributed by atoms with Crippen molar-refractivity contribution in [2.24, 2.45) is 17.6 Å². The average molecular weight is 297 g/mol. The Morgan fingerprint density at radius 3 is 2.43 bits per heavy atom. The molecule has 1 heterocycles. The fourth-order valence-electron chi connectivity index (χ4n) is 3.30. The molecule has 0 radical (unpaired) electrons. The summed E-state index contributed by atoms with van der Waals surface area (Å²) in [5.74, 6) is 0.369. The van der Waals surface area contributed by atoms with Crippen LogP contribution in [0.1, 0.15) is 38.5 Å². The molecule has 4 N–H and O–H groups in total. The zero-order valence-corrected chi connectivity index (χ0v) is 12.6. The summed E-state index contributed by atoms with van der Waals surface area (Å²) >= 11 is 0. The molecule has 2 unspecified atom stereocenters. The number of nitrogens with one attached hydrogen (secondary N) is 1. The Labute approximate surface area is 126 Å². The predicted molar refractivity (Wildman–Crippen MR) is 79.3 cm³/mol. The molecule has 0 aromatic rings. The highest BCUT2D eigenvalue weighted by Gasteiger charge is 2.33. The number of amides is 2. The van der Waals surface area contributed by atoms with E-state index in [0.717, 1.165) is 32.1 Å². The maximum absolute atomic E-state index is 12.4. The van der Waals surface area contributed by atoms with Gasteiger partial charge in [-0.1, -0.05) is 0 Å². The van der Waals surface area contributed by atoms with Gasteiger partial charge in [-0.2, -0.15) is 0 Å². The van der Waals surface area contributed by atoms with Crippen LogP contribution in [-0.4, -0.2) is 54.1 Å². The highest BCUT2D eigenvalue weighted by atomic mass is 16.3. The van der Waals surface area contributed by atoms with Crippen molar-refractivity contribution in [3.63, 3.8) is 0 Å². The minimum Gasteiger partial charge on any atom is -0.396 e. The van der Waals surface area contributed by atoms with Gasteiger partial charge in [0.1, 0.15) is 0 Å². The molecule has 1 saturated heterocycles. The molecule has 2 atom stereocenters. The van der Waals surface area contributed by atoms with Crippen molar-refractivity contribution in [2.45, 2.75) is 44.6 Å². The molecule has 0 spiro atoms. The van der Waals surface area contributed by atoms with E-state index >= 15 is 0 Å². The van der Waals surface area contributed by atoms with Gasteiger partial charge in [0.15, 0.2) is 0 Å². The molecular formula is C15H27N3O3. The Balaban J connectivity index is 1.72. The lowest BCUT2D eigenvalue weighted by Crippen LogP contribution is -2.45. The lowest BCUT2D eigenvalue weighted by molar-refractivity contribution is -0.139. The van der Waals surface area contributed by atoms with Crippen molar-refractivity contribution in [3.05, 3.63) is 0 Å². The standard InChI is InChI=1S/C15H27N3O3/c16-13-3-2-12(10-13)15(21)18-7-4-11(5-8-18)14(20)17-6-1-9-19/h11-13,19H,1-10,16H2,(H,17,20). The van der Waals surface area contributed by atoms with E-state index in [0.29, 0.717) is 26.1 Å². The maximum atomic E-state index is 12.4. The molecule has 2 rings (SSSR count). The lowest BCUT2D eigenvalue weighted by Gasteiger charge is -2.33. The molecule has 1 aliphatic carbocycles. The van der Waals surface area contributed by atoms with Crippen molar-refractivity contribution >= 4 is 11.8 Å². The van der Waals surface area contributed by atoms with E-state index < -0.39 is 0 Å². The first-order valence-corrected chi connectivity index (χ1v) is 8.04. The molecule has 6 heteroatoms. The number of hydrogen-bond donors (Lipinski definition) is 3. The van der Waals surface area contributed by atoms with Crippen LogP contribution in [0.25, 0.3) is 0 Å². The van der Waals surface area contributed by atoms with E-state index in [1.807, 2.05) is 4.90 Å². The van der Waals surface area contributed by atoms with Gasteiger partial charge in [0, 0.05) is 44.1 Å². The van der Waals surface area contributed by atoms with Crippen molar-refractivity contribution in [1.82, 2.24) is 10.2 Å². The van der Waals surface area contributed by atoms with E-state index in [4.69, 9.17) is 10.8 Å². The number of carbonyl (C=O) groups excluding carboxylic acids is 2. The minimum atomic E-state index is -0.00132. The molecule has 1 saturated carbocycles. The second-order valence-electron chi connectivity index (χ2n) is 6.24. The van der Waals surface area contributed by atoms with E-state index in [-0.39, 0.29) is 36.3 Å². The first-order valence-electron chi connectivity index (χ1n) is 8.04. The Morgan fingerprint density at radius 1 is 1.14 bits per heavy atom. The zero-order valence-electron chi connectivity index (χ0n) is 12.6. The van der Waals surface area contributed by atoms with Crippen LogP contribution in [0, 0.1) is 11.8 Å². The summed E-state index contributed by atoms with van der Waals surface area (Å²) in [4.78, 5) is 26.2. The average Bonchev–Trinajstić information content (AvgIpc) is 2.93. The van der Waals surface area contributed by atoms with Gasteiger partial charge in [-0.15, -0.1) is 0 Å². The lowest BCUT2D eigenvalue weighted by atomic mass is 9.94. The topological polar surface area (TPSA) is 95.7 Å². The maximum Gasteiger partial charge on any atom is 0.225 e. The molecule has 21 heavy (non-hydrogen) atoms. The first kappa shape index (κ1) is 16.2. The number of rotatable bonds is 5. The van der Waals surface area contributed by atoms with Gasteiger partial charge in [0.05, 0.1) is 0 Å². The molecule has 0 bridgehead atoms. The highest BCUT2D eigenvalue weighted by molar-refractivity contribution is 5.81. The molecule has 1 aliphatic heterocycles. The summed E-state index contributed by atoms with van der Waals surface area (Å²) in [6.45, 7) is 1.95. The van der Waals surface area contributed by atoms with E-state index in [1.54, 1.807) is 0 Å². The third-order valence-corrected chi connectivity index (χ3v) is 4.63. The molecular weight excluding hydrogens is 270 g/mol. The Hall–Kier alpha value is -1.14. The molecule has 120 valence electrons. The van der Waals surface area contributed by atoms with Crippen LogP contribution < -0.4 is 11.1 Å². The van der Waals surface area contributed by atoms with Gasteiger partial charge < -0.3 is 21.1 Å². The third-order valence-electron chi connectivity index (χ3n) is 4.63. The molecule has 0 aromatic carbocycles. The zero-order chi connectivity index (χ0) is 15.2. The SMILES string of the molecule is NC1CCC(C(=O)N2CCC(C(=O)NCCCO)CC2)C1. The number of carbonyl (C=O) groups is 2. The Kier molecular flexibility index (Phi) is 5.99. The van der Waals surface area contributed by atoms with Crippen LogP contribution in [-0.2, 0) is 9.59 Å². The summed E-state index contributed by atoms with van der Waals surface area (Å²) in [6, 6.07) is 0.175. The van der Waals surface area contributed by atoms with E-state index in [2.05, 4.69) is 5.32 Å². The van der Waals surface area contributed by atoms with Crippen LogP contribution in [0.2, 0.25) is 0 Å². The monoisotopic (exact) mass is 297 g/mol. The van der Waals surface area contributed by atoms with E-state index in [9.17, 15) is 9.59 Å². The third kappa shape index (κ3) is 4.41. The predicted octanol–water partition coefficient (Wildman–Crippen LogP) is -0.149. The number of hydrogen-bond acceptors (Lipinski definition) is 4. The summed E-state index contributed by atoms with van der Waals surface area (Å²) < 4.78 is 0. The van der Waals surface area contributed by atoms with Crippen molar-refractivity contribution in [2.75, 3.05) is 26.2 Å². The number of aliphatic hydroxyl groups excluding tert-OH is 1. The Morgan fingerprint density at radius 2 is 1.86 bits per heavy atom. The van der Waals surface area contributed by atoms with Crippen LogP contribution in [0.5, 0.6) is 0 Å². The number of piperidine rings is 1. The van der Waals surface area contributed by atoms with Crippen molar-refractivity contribution in [3.8, 4) is 0 Å². The normalized spacial score (nSPS) is 26.9. The quantitative estimate of drug-likeness (QED) is 0.615. The van der Waals surface area contributed by atoms with Crippen LogP contribution in [0.15, 0.2) is 0 Å². The van der Waals surface area contributed by atoms with Crippen LogP contribution in [0.4, 0.5) is 0 Å². The van der Waals surface area contributed by atoms with Gasteiger partial charge in [-0.25, -0.2) is 0 Å². The van der Waals surface area contributed by atoms with Gasteiger partial charge >= 0.3 is 0 Å². The smallest absolute Gasteiger partial charge is 0.225 e. The fraction of sp³-hybridized carbons (Fsp3) is 0.867. The highest BCUT2D eigenvalue weighted by Crippen LogP contribution is 2.28. The largest absolute Gasteiger partial charge is 0.396 e. The van der Waals surface area contributed by atoms with E-state index in [1.165, 1.54) is 0 Å². The van der Waals surface area contributed by atoms with Gasteiger partial charge in [-0.3, -0.25) is 9.59 Å². The number of nitrogens with two attached hydrogens (primary N) is 1. The number of likely N-dealkylation sites (tertiary alicyclic amines) is 1. The molecule has 2 fully saturated rings. The molecule has 2 aliphatic rings. The Bertz CT molecular complexity index is 367. The molecule has 2 amide bonds. The fourth-order valence-corrected chi connectivity index (χ4v) is 3.30. The molecule has 6 nitrogen and oxygen atoms in total. The van der Waals surface area contributed by atoms with Gasteiger partial charge in [0.2, 0.25) is 11.8 Å². The van der Waals surface area contributed by atoms with Crippen molar-refractivity contribution < 1.29 is 14.7 Å². The number of aliphatic hydroxyl groups is 1. The summed E-state index contributed by atoms with van der Waals surface area (Å²) in [5.41, 5.74) is 5.87.